The number of hydrogen-bond acceptors (Lipinski definition) is 5. The van der Waals surface area contributed by atoms with Crippen LogP contribution in [0.3, 0.4) is 0 Å². The third kappa shape index (κ3) is 3.86. The molecule has 0 radical (unpaired) electrons. The molecule has 2 N–H and O–H groups in total. The Bertz CT molecular complexity index is 996. The van der Waals surface area contributed by atoms with Crippen LogP contribution in [0.5, 0.6) is 11.5 Å². The summed E-state index contributed by atoms with van der Waals surface area (Å²) in [5, 5.41) is 2.21. The van der Waals surface area contributed by atoms with Gasteiger partial charge in [-0.15, -0.1) is 0 Å². The summed E-state index contributed by atoms with van der Waals surface area (Å²) in [6.07, 6.45) is 0. The largest absolute Gasteiger partial charge is 0.457 e. The van der Waals surface area contributed by atoms with Crippen LogP contribution in [0.1, 0.15) is 17.0 Å². The van der Waals surface area contributed by atoms with Gasteiger partial charge in [-0.2, -0.15) is 0 Å². The number of aryl methyl sites for hydroxylation is 1. The molecule has 4 rings (SSSR count). The van der Waals surface area contributed by atoms with Crippen LogP contribution in [-0.2, 0) is 11.3 Å². The molecule has 1 aliphatic heterocycles. The summed E-state index contributed by atoms with van der Waals surface area (Å²) in [4.78, 5) is 7.24. The molecule has 0 bridgehead atoms. The van der Waals surface area contributed by atoms with Crippen LogP contribution in [0.2, 0.25) is 0 Å². The fourth-order valence-electron chi connectivity index (χ4n) is 3.59. The van der Waals surface area contributed by atoms with Gasteiger partial charge in [0.1, 0.15) is 11.5 Å². The average Bonchev–Trinajstić information content (AvgIpc) is 2.71. The highest BCUT2D eigenvalue weighted by molar-refractivity contribution is 5.91. The van der Waals surface area contributed by atoms with Crippen LogP contribution >= 0.6 is 0 Å². The SMILES string of the molecule is C=C(N)c1nc(CN2CCOCC2)c2cc(Oc3ccccc3)ccc2c1C. The second-order valence-corrected chi connectivity index (χ2v) is 7.07. The van der Waals surface area contributed by atoms with Gasteiger partial charge in [0.2, 0.25) is 0 Å². The Balaban J connectivity index is 1.77. The Labute approximate surface area is 165 Å². The third-order valence-corrected chi connectivity index (χ3v) is 5.07. The summed E-state index contributed by atoms with van der Waals surface area (Å²) in [5.41, 5.74) is 9.32. The quantitative estimate of drug-likeness (QED) is 0.728. The van der Waals surface area contributed by atoms with Crippen molar-refractivity contribution in [2.75, 3.05) is 26.3 Å². The van der Waals surface area contributed by atoms with Gasteiger partial charge in [-0.05, 0) is 42.1 Å². The molecule has 5 nitrogen and oxygen atoms in total. The minimum Gasteiger partial charge on any atom is -0.457 e. The molecular weight excluding hydrogens is 350 g/mol. The third-order valence-electron chi connectivity index (χ3n) is 5.07. The van der Waals surface area contributed by atoms with Crippen molar-refractivity contribution in [1.82, 2.24) is 9.88 Å². The van der Waals surface area contributed by atoms with E-state index in [1.807, 2.05) is 43.3 Å². The zero-order valence-electron chi connectivity index (χ0n) is 16.1. The number of fused-ring (bicyclic) bond motifs is 1. The first kappa shape index (κ1) is 18.5. The maximum Gasteiger partial charge on any atom is 0.128 e. The zero-order valence-corrected chi connectivity index (χ0v) is 16.1. The summed E-state index contributed by atoms with van der Waals surface area (Å²) in [5.74, 6) is 1.61. The van der Waals surface area contributed by atoms with Gasteiger partial charge in [-0.3, -0.25) is 4.90 Å². The van der Waals surface area contributed by atoms with Gasteiger partial charge < -0.3 is 15.2 Å². The molecule has 1 aromatic heterocycles. The molecule has 3 aromatic rings. The number of pyridine rings is 1. The van der Waals surface area contributed by atoms with Crippen molar-refractivity contribution in [3.05, 3.63) is 72.1 Å². The van der Waals surface area contributed by atoms with Gasteiger partial charge in [0.25, 0.3) is 0 Å². The number of nitrogens with two attached hydrogens (primary N) is 1. The molecule has 0 saturated carbocycles. The van der Waals surface area contributed by atoms with Gasteiger partial charge in [-0.1, -0.05) is 30.8 Å². The minimum atomic E-state index is 0.493. The van der Waals surface area contributed by atoms with Gasteiger partial charge >= 0.3 is 0 Å². The number of aromatic nitrogens is 1. The lowest BCUT2D eigenvalue weighted by atomic mass is 10.0. The highest BCUT2D eigenvalue weighted by atomic mass is 16.5. The number of hydrogen-bond donors (Lipinski definition) is 1. The molecule has 1 saturated heterocycles. The van der Waals surface area contributed by atoms with Crippen molar-refractivity contribution < 1.29 is 9.47 Å². The number of rotatable bonds is 5. The van der Waals surface area contributed by atoms with E-state index in [1.54, 1.807) is 0 Å². The predicted molar refractivity (Wildman–Crippen MR) is 112 cm³/mol. The Hall–Kier alpha value is -2.89. The summed E-state index contributed by atoms with van der Waals surface area (Å²) in [6.45, 7) is 10.0. The van der Waals surface area contributed by atoms with E-state index in [9.17, 15) is 0 Å². The lowest BCUT2D eigenvalue weighted by Gasteiger charge is -2.27. The summed E-state index contributed by atoms with van der Waals surface area (Å²) in [7, 11) is 0. The van der Waals surface area contributed by atoms with Crippen LogP contribution in [0.15, 0.2) is 55.1 Å². The first-order valence-electron chi connectivity index (χ1n) is 9.53. The smallest absolute Gasteiger partial charge is 0.128 e. The molecule has 0 amide bonds. The Kier molecular flexibility index (Phi) is 5.28. The van der Waals surface area contributed by atoms with E-state index in [1.165, 1.54) is 0 Å². The lowest BCUT2D eigenvalue weighted by molar-refractivity contribution is 0.0338. The van der Waals surface area contributed by atoms with Gasteiger partial charge in [0.05, 0.1) is 30.3 Å². The fraction of sp³-hybridized carbons (Fsp3) is 0.261. The molecule has 0 atom stereocenters. The second-order valence-electron chi connectivity index (χ2n) is 7.07. The van der Waals surface area contributed by atoms with Crippen LogP contribution in [0.4, 0.5) is 0 Å². The van der Waals surface area contributed by atoms with Crippen molar-refractivity contribution in [1.29, 1.82) is 0 Å². The highest BCUT2D eigenvalue weighted by Crippen LogP contribution is 2.31. The van der Waals surface area contributed by atoms with Crippen LogP contribution < -0.4 is 10.5 Å². The standard InChI is InChI=1S/C23H25N3O2/c1-16-20-9-8-19(28-18-6-4-3-5-7-18)14-21(20)22(25-23(16)17(2)24)15-26-10-12-27-13-11-26/h3-9,14H,2,10-13,15,24H2,1H3. The molecule has 0 spiro atoms. The molecule has 144 valence electrons. The molecule has 1 aliphatic rings. The van der Waals surface area contributed by atoms with Crippen LogP contribution in [-0.4, -0.2) is 36.2 Å². The fourth-order valence-corrected chi connectivity index (χ4v) is 3.59. The van der Waals surface area contributed by atoms with E-state index in [-0.39, 0.29) is 0 Å². The van der Waals surface area contributed by atoms with Gasteiger partial charge in [0.15, 0.2) is 0 Å². The van der Waals surface area contributed by atoms with Crippen molar-refractivity contribution in [2.45, 2.75) is 13.5 Å². The normalized spacial score (nSPS) is 14.9. The molecule has 2 aromatic carbocycles. The van der Waals surface area contributed by atoms with Crippen molar-refractivity contribution in [3.63, 3.8) is 0 Å². The number of ether oxygens (including phenoxy) is 2. The number of morpholine rings is 1. The maximum absolute atomic E-state index is 6.05. The number of para-hydroxylation sites is 1. The Morgan fingerprint density at radius 3 is 2.57 bits per heavy atom. The lowest BCUT2D eigenvalue weighted by Crippen LogP contribution is -2.36. The molecule has 0 aliphatic carbocycles. The van der Waals surface area contributed by atoms with Crippen molar-refractivity contribution >= 4 is 16.5 Å². The molecule has 5 heteroatoms. The predicted octanol–water partition coefficient (Wildman–Crippen LogP) is 4.10. The monoisotopic (exact) mass is 375 g/mol. The zero-order chi connectivity index (χ0) is 19.5. The first-order valence-corrected chi connectivity index (χ1v) is 9.53. The highest BCUT2D eigenvalue weighted by Gasteiger charge is 2.17. The van der Waals surface area contributed by atoms with E-state index in [0.717, 1.165) is 72.1 Å². The second kappa shape index (κ2) is 8.00. The summed E-state index contributed by atoms with van der Waals surface area (Å²) in [6, 6.07) is 15.9. The topological polar surface area (TPSA) is 60.6 Å². The van der Waals surface area contributed by atoms with Crippen molar-refractivity contribution in [3.8, 4) is 11.5 Å². The molecule has 1 fully saturated rings. The van der Waals surface area contributed by atoms with Gasteiger partial charge in [-0.25, -0.2) is 4.98 Å². The van der Waals surface area contributed by atoms with E-state index < -0.39 is 0 Å². The van der Waals surface area contributed by atoms with E-state index in [0.29, 0.717) is 5.70 Å². The van der Waals surface area contributed by atoms with Crippen LogP contribution in [0, 0.1) is 6.92 Å². The number of benzene rings is 2. The van der Waals surface area contributed by atoms with Crippen LogP contribution in [0.25, 0.3) is 16.5 Å². The van der Waals surface area contributed by atoms with Gasteiger partial charge in [0, 0.05) is 25.0 Å². The van der Waals surface area contributed by atoms with Crippen molar-refractivity contribution in [2.24, 2.45) is 5.73 Å². The summed E-state index contributed by atoms with van der Waals surface area (Å²) >= 11 is 0. The molecule has 2 heterocycles. The average molecular weight is 375 g/mol. The number of nitrogens with zero attached hydrogens (tertiary/aromatic N) is 2. The summed E-state index contributed by atoms with van der Waals surface area (Å²) < 4.78 is 11.5. The van der Waals surface area contributed by atoms with E-state index in [4.69, 9.17) is 20.2 Å². The Morgan fingerprint density at radius 2 is 1.86 bits per heavy atom. The van der Waals surface area contributed by atoms with E-state index >= 15 is 0 Å². The van der Waals surface area contributed by atoms with E-state index in [2.05, 4.69) is 23.6 Å². The minimum absolute atomic E-state index is 0.493. The maximum atomic E-state index is 6.05. The molecule has 28 heavy (non-hydrogen) atoms. The first-order chi connectivity index (χ1) is 13.6. The Morgan fingerprint density at radius 1 is 1.11 bits per heavy atom. The molecule has 0 unspecified atom stereocenters. The molecular formula is C23H25N3O2.